The predicted octanol–water partition coefficient (Wildman–Crippen LogP) is -2.06. The van der Waals surface area contributed by atoms with Gasteiger partial charge in [0, 0.05) is 12.1 Å². The van der Waals surface area contributed by atoms with Gasteiger partial charge in [0.1, 0.15) is 7.05 Å². The SMILES string of the molecule is C[n+]1ccccc1.Cl.[Cl-]. The monoisotopic (exact) mass is 165 g/mol. The molecule has 0 saturated heterocycles. The first-order valence-corrected chi connectivity index (χ1v) is 2.30. The summed E-state index contributed by atoms with van der Waals surface area (Å²) >= 11 is 0. The number of rotatable bonds is 0. The quantitative estimate of drug-likeness (QED) is 0.390. The van der Waals surface area contributed by atoms with Crippen LogP contribution in [0.5, 0.6) is 0 Å². The Labute approximate surface area is 67.5 Å². The van der Waals surface area contributed by atoms with Crippen molar-refractivity contribution in [3.63, 3.8) is 0 Å². The third kappa shape index (κ3) is 4.25. The summed E-state index contributed by atoms with van der Waals surface area (Å²) in [5.74, 6) is 0. The van der Waals surface area contributed by atoms with Crippen molar-refractivity contribution in [1.82, 2.24) is 0 Å². The van der Waals surface area contributed by atoms with Crippen LogP contribution in [0.3, 0.4) is 0 Å². The molecule has 1 heterocycles. The Bertz CT molecular complexity index is 141. The van der Waals surface area contributed by atoms with Crippen LogP contribution in [0.2, 0.25) is 0 Å². The van der Waals surface area contributed by atoms with E-state index in [4.69, 9.17) is 0 Å². The largest absolute Gasteiger partial charge is 1.00 e. The van der Waals surface area contributed by atoms with Gasteiger partial charge in [-0.05, 0) is 0 Å². The molecule has 0 spiro atoms. The van der Waals surface area contributed by atoms with Gasteiger partial charge in [-0.2, -0.15) is 0 Å². The maximum atomic E-state index is 2.00. The Balaban J connectivity index is 0. The molecule has 0 radical (unpaired) electrons. The number of aryl methyl sites for hydroxylation is 1. The van der Waals surface area contributed by atoms with Crippen LogP contribution in [-0.4, -0.2) is 0 Å². The van der Waals surface area contributed by atoms with Crippen molar-refractivity contribution < 1.29 is 17.0 Å². The molecule has 0 bridgehead atoms. The van der Waals surface area contributed by atoms with Crippen LogP contribution in [0.15, 0.2) is 30.6 Å². The summed E-state index contributed by atoms with van der Waals surface area (Å²) in [5, 5.41) is 0. The average Bonchev–Trinajstić information content (AvgIpc) is 1.69. The van der Waals surface area contributed by atoms with Crippen molar-refractivity contribution in [2.24, 2.45) is 7.05 Å². The molecule has 0 aliphatic rings. The van der Waals surface area contributed by atoms with E-state index in [2.05, 4.69) is 0 Å². The topological polar surface area (TPSA) is 3.88 Å². The van der Waals surface area contributed by atoms with Crippen LogP contribution >= 0.6 is 12.4 Å². The molecule has 0 amide bonds. The van der Waals surface area contributed by atoms with E-state index in [0.717, 1.165) is 0 Å². The normalized spacial score (nSPS) is 6.78. The van der Waals surface area contributed by atoms with E-state index in [9.17, 15) is 0 Å². The zero-order valence-corrected chi connectivity index (χ0v) is 6.69. The zero-order valence-electron chi connectivity index (χ0n) is 5.12. The van der Waals surface area contributed by atoms with Gasteiger partial charge in [-0.15, -0.1) is 12.4 Å². The minimum Gasteiger partial charge on any atom is -1.00 e. The molecule has 1 aromatic heterocycles. The highest BCUT2D eigenvalue weighted by molar-refractivity contribution is 5.85. The maximum Gasteiger partial charge on any atom is 0.168 e. The second-order valence-corrected chi connectivity index (χ2v) is 1.54. The lowest BCUT2D eigenvalue weighted by Gasteiger charge is -1.77. The third-order valence-electron chi connectivity index (χ3n) is 0.865. The summed E-state index contributed by atoms with van der Waals surface area (Å²) in [6, 6.07) is 6.00. The van der Waals surface area contributed by atoms with E-state index < -0.39 is 0 Å². The van der Waals surface area contributed by atoms with Gasteiger partial charge < -0.3 is 12.4 Å². The maximum absolute atomic E-state index is 2.00. The van der Waals surface area contributed by atoms with Gasteiger partial charge in [0.15, 0.2) is 12.4 Å². The van der Waals surface area contributed by atoms with Gasteiger partial charge in [0.2, 0.25) is 0 Å². The van der Waals surface area contributed by atoms with Crippen LogP contribution < -0.4 is 17.0 Å². The first kappa shape index (κ1) is 11.5. The molecule has 0 aliphatic carbocycles. The molecular formula is C6H9Cl2N. The number of nitrogens with zero attached hydrogens (tertiary/aromatic N) is 1. The summed E-state index contributed by atoms with van der Waals surface area (Å²) < 4.78 is 2.00. The molecule has 3 heteroatoms. The van der Waals surface area contributed by atoms with E-state index in [1.807, 2.05) is 42.2 Å². The molecule has 0 N–H and O–H groups in total. The van der Waals surface area contributed by atoms with Gasteiger partial charge in [0.25, 0.3) is 0 Å². The Morgan fingerprint density at radius 1 is 1.00 bits per heavy atom. The van der Waals surface area contributed by atoms with Gasteiger partial charge in [-0.1, -0.05) is 6.07 Å². The summed E-state index contributed by atoms with van der Waals surface area (Å²) in [5.41, 5.74) is 0. The lowest BCUT2D eigenvalue weighted by atomic mass is 10.5. The minimum atomic E-state index is 0. The highest BCUT2D eigenvalue weighted by Gasteiger charge is 1.78. The summed E-state index contributed by atoms with van der Waals surface area (Å²) in [6.07, 6.45) is 4.00. The van der Waals surface area contributed by atoms with Crippen LogP contribution in [-0.2, 0) is 7.05 Å². The van der Waals surface area contributed by atoms with Crippen LogP contribution in [0.1, 0.15) is 0 Å². The summed E-state index contributed by atoms with van der Waals surface area (Å²) in [4.78, 5) is 0. The van der Waals surface area contributed by atoms with Crippen molar-refractivity contribution in [3.05, 3.63) is 30.6 Å². The van der Waals surface area contributed by atoms with Crippen molar-refractivity contribution in [2.75, 3.05) is 0 Å². The minimum absolute atomic E-state index is 0. The molecule has 0 fully saturated rings. The van der Waals surface area contributed by atoms with Gasteiger partial charge in [0.05, 0.1) is 0 Å². The van der Waals surface area contributed by atoms with E-state index in [0.29, 0.717) is 0 Å². The van der Waals surface area contributed by atoms with Crippen LogP contribution in [0.4, 0.5) is 0 Å². The summed E-state index contributed by atoms with van der Waals surface area (Å²) in [7, 11) is 2.00. The molecule has 52 valence electrons. The van der Waals surface area contributed by atoms with Crippen LogP contribution in [0.25, 0.3) is 0 Å². The smallest absolute Gasteiger partial charge is 0.168 e. The van der Waals surface area contributed by atoms with Crippen molar-refractivity contribution in [2.45, 2.75) is 0 Å². The van der Waals surface area contributed by atoms with E-state index in [-0.39, 0.29) is 24.8 Å². The highest BCUT2D eigenvalue weighted by Crippen LogP contribution is 1.71. The number of halogens is 2. The molecule has 1 rings (SSSR count). The number of hydrogen-bond acceptors (Lipinski definition) is 0. The van der Waals surface area contributed by atoms with E-state index in [1.165, 1.54) is 0 Å². The van der Waals surface area contributed by atoms with Crippen LogP contribution in [0, 0.1) is 0 Å². The third-order valence-corrected chi connectivity index (χ3v) is 0.865. The molecular weight excluding hydrogens is 157 g/mol. The van der Waals surface area contributed by atoms with Gasteiger partial charge in [-0.3, -0.25) is 0 Å². The molecule has 0 aromatic carbocycles. The molecule has 1 aromatic rings. The predicted molar refractivity (Wildman–Crippen MR) is 34.9 cm³/mol. The molecule has 0 atom stereocenters. The highest BCUT2D eigenvalue weighted by atomic mass is 35.5. The Hall–Kier alpha value is -0.270. The standard InChI is InChI=1S/C6H8N.2ClH/c1-7-5-3-2-4-6-7;;/h2-6H,1H3;2*1H/q+1;;/p-1. The molecule has 1 nitrogen and oxygen atoms in total. The van der Waals surface area contributed by atoms with E-state index in [1.54, 1.807) is 0 Å². The van der Waals surface area contributed by atoms with Crippen molar-refractivity contribution in [3.8, 4) is 0 Å². The Kier molecular flexibility index (Phi) is 7.50. The lowest BCUT2D eigenvalue weighted by molar-refractivity contribution is -0.671. The number of aromatic nitrogens is 1. The zero-order chi connectivity index (χ0) is 5.11. The lowest BCUT2D eigenvalue weighted by Crippen LogP contribution is -3.00. The Morgan fingerprint density at radius 2 is 1.44 bits per heavy atom. The molecule has 0 unspecified atom stereocenters. The van der Waals surface area contributed by atoms with Gasteiger partial charge in [-0.25, -0.2) is 4.57 Å². The fraction of sp³-hybridized carbons (Fsp3) is 0.167. The van der Waals surface area contributed by atoms with E-state index >= 15 is 0 Å². The average molecular weight is 166 g/mol. The number of hydrogen-bond donors (Lipinski definition) is 0. The summed E-state index contributed by atoms with van der Waals surface area (Å²) in [6.45, 7) is 0. The fourth-order valence-electron chi connectivity index (χ4n) is 0.485. The molecule has 0 saturated carbocycles. The second-order valence-electron chi connectivity index (χ2n) is 1.54. The first-order valence-electron chi connectivity index (χ1n) is 2.30. The Morgan fingerprint density at radius 3 is 1.67 bits per heavy atom. The fourth-order valence-corrected chi connectivity index (χ4v) is 0.485. The van der Waals surface area contributed by atoms with Gasteiger partial charge >= 0.3 is 0 Å². The second kappa shape index (κ2) is 5.86. The molecule has 0 aliphatic heterocycles. The van der Waals surface area contributed by atoms with Crippen molar-refractivity contribution >= 4 is 12.4 Å². The number of pyridine rings is 1. The molecule has 9 heavy (non-hydrogen) atoms. The van der Waals surface area contributed by atoms with Crippen molar-refractivity contribution in [1.29, 1.82) is 0 Å². The first-order chi connectivity index (χ1) is 3.39.